The average molecular weight is 362 g/mol. The third kappa shape index (κ3) is 5.84. The molecule has 142 valence electrons. The summed E-state index contributed by atoms with van der Waals surface area (Å²) in [5.74, 6) is -1.31. The monoisotopic (exact) mass is 362 g/mol. The quantitative estimate of drug-likeness (QED) is 0.725. The van der Waals surface area contributed by atoms with Crippen LogP contribution in [0.3, 0.4) is 0 Å². The first-order chi connectivity index (χ1) is 12.4. The van der Waals surface area contributed by atoms with Gasteiger partial charge in [-0.05, 0) is 44.9 Å². The third-order valence-corrected chi connectivity index (χ3v) is 3.94. The zero-order chi connectivity index (χ0) is 19.1. The maximum Gasteiger partial charge on any atom is 0.310 e. The van der Waals surface area contributed by atoms with Gasteiger partial charge in [0, 0.05) is 24.4 Å². The molecule has 26 heavy (non-hydrogen) atoms. The molecular weight excluding hydrogens is 336 g/mol. The standard InChI is InChI=1S/C19H26N2O5/c1-12(2)26-19(24)13(3)11-20-17(22)14-6-4-7-15(10-14)21-18(23)16-8-5-9-25-16/h4,6-7,10,12-13,16H,5,8-9,11H2,1-3H3,(H,20,22)(H,21,23)/t13-,16+/m1/s1. The lowest BCUT2D eigenvalue weighted by Gasteiger charge is -2.15. The van der Waals surface area contributed by atoms with E-state index in [0.29, 0.717) is 24.3 Å². The Labute approximate surface area is 153 Å². The molecule has 0 aromatic heterocycles. The Morgan fingerprint density at radius 2 is 2.04 bits per heavy atom. The number of rotatable bonds is 7. The van der Waals surface area contributed by atoms with E-state index in [2.05, 4.69) is 10.6 Å². The van der Waals surface area contributed by atoms with Gasteiger partial charge in [0.25, 0.3) is 11.8 Å². The Kier molecular flexibility index (Phi) is 7.15. The topological polar surface area (TPSA) is 93.7 Å². The molecule has 2 rings (SSSR count). The third-order valence-electron chi connectivity index (χ3n) is 3.94. The number of anilines is 1. The van der Waals surface area contributed by atoms with Crippen molar-refractivity contribution in [1.29, 1.82) is 0 Å². The van der Waals surface area contributed by atoms with Crippen LogP contribution in [0, 0.1) is 5.92 Å². The number of hydrogen-bond donors (Lipinski definition) is 2. The molecular formula is C19H26N2O5. The zero-order valence-electron chi connectivity index (χ0n) is 15.4. The van der Waals surface area contributed by atoms with Crippen LogP contribution in [-0.2, 0) is 19.1 Å². The van der Waals surface area contributed by atoms with Gasteiger partial charge >= 0.3 is 5.97 Å². The summed E-state index contributed by atoms with van der Waals surface area (Å²) in [7, 11) is 0. The molecule has 0 unspecified atom stereocenters. The minimum Gasteiger partial charge on any atom is -0.463 e. The predicted molar refractivity (Wildman–Crippen MR) is 96.8 cm³/mol. The Morgan fingerprint density at radius 3 is 2.69 bits per heavy atom. The fourth-order valence-electron chi connectivity index (χ4n) is 2.53. The van der Waals surface area contributed by atoms with Crippen LogP contribution in [0.2, 0.25) is 0 Å². The molecule has 2 N–H and O–H groups in total. The van der Waals surface area contributed by atoms with E-state index in [1.54, 1.807) is 45.0 Å². The summed E-state index contributed by atoms with van der Waals surface area (Å²) in [6, 6.07) is 6.65. The first-order valence-corrected chi connectivity index (χ1v) is 8.88. The van der Waals surface area contributed by atoms with Crippen LogP contribution in [0.15, 0.2) is 24.3 Å². The van der Waals surface area contributed by atoms with Crippen molar-refractivity contribution < 1.29 is 23.9 Å². The van der Waals surface area contributed by atoms with Crippen LogP contribution < -0.4 is 10.6 Å². The number of esters is 1. The van der Waals surface area contributed by atoms with Gasteiger partial charge in [0.05, 0.1) is 12.0 Å². The van der Waals surface area contributed by atoms with E-state index in [1.807, 2.05) is 0 Å². The number of nitrogens with one attached hydrogen (secondary N) is 2. The zero-order valence-corrected chi connectivity index (χ0v) is 15.4. The number of carbonyl (C=O) groups is 3. The van der Waals surface area contributed by atoms with Crippen molar-refractivity contribution in [2.75, 3.05) is 18.5 Å². The van der Waals surface area contributed by atoms with Crippen LogP contribution in [-0.4, -0.2) is 43.1 Å². The van der Waals surface area contributed by atoms with Crippen LogP contribution in [0.1, 0.15) is 44.0 Å². The smallest absolute Gasteiger partial charge is 0.310 e. The molecule has 1 aromatic rings. The highest BCUT2D eigenvalue weighted by molar-refractivity contribution is 5.98. The number of benzene rings is 1. The summed E-state index contributed by atoms with van der Waals surface area (Å²) < 4.78 is 10.5. The molecule has 2 atom stereocenters. The second kappa shape index (κ2) is 9.33. The molecule has 7 heteroatoms. The molecule has 1 fully saturated rings. The van der Waals surface area contributed by atoms with Gasteiger partial charge in [0.15, 0.2) is 0 Å². The van der Waals surface area contributed by atoms with E-state index in [-0.39, 0.29) is 30.4 Å². The summed E-state index contributed by atoms with van der Waals surface area (Å²) in [5.41, 5.74) is 0.935. The van der Waals surface area contributed by atoms with Gasteiger partial charge in [-0.3, -0.25) is 14.4 Å². The Hall–Kier alpha value is -2.41. The highest BCUT2D eigenvalue weighted by atomic mass is 16.5. The van der Waals surface area contributed by atoms with E-state index in [1.165, 1.54) is 0 Å². The van der Waals surface area contributed by atoms with Gasteiger partial charge in [0.2, 0.25) is 0 Å². The molecule has 1 aliphatic heterocycles. The lowest BCUT2D eigenvalue weighted by atomic mass is 10.1. The molecule has 0 bridgehead atoms. The van der Waals surface area contributed by atoms with E-state index in [9.17, 15) is 14.4 Å². The Balaban J connectivity index is 1.88. The number of carbonyl (C=O) groups excluding carboxylic acids is 3. The highest BCUT2D eigenvalue weighted by Gasteiger charge is 2.23. The molecule has 1 aromatic carbocycles. The van der Waals surface area contributed by atoms with Crippen molar-refractivity contribution >= 4 is 23.5 Å². The van der Waals surface area contributed by atoms with Gasteiger partial charge in [-0.2, -0.15) is 0 Å². The minimum atomic E-state index is -0.441. The van der Waals surface area contributed by atoms with E-state index >= 15 is 0 Å². The predicted octanol–water partition coefficient (Wildman–Crippen LogP) is 2.12. The van der Waals surface area contributed by atoms with Crippen LogP contribution in [0.5, 0.6) is 0 Å². The lowest BCUT2D eigenvalue weighted by molar-refractivity contribution is -0.151. The molecule has 1 aliphatic rings. The van der Waals surface area contributed by atoms with Crippen molar-refractivity contribution in [1.82, 2.24) is 5.32 Å². The number of amides is 2. The number of hydrogen-bond acceptors (Lipinski definition) is 5. The van der Waals surface area contributed by atoms with Crippen molar-refractivity contribution in [2.45, 2.75) is 45.8 Å². The molecule has 7 nitrogen and oxygen atoms in total. The van der Waals surface area contributed by atoms with E-state index in [4.69, 9.17) is 9.47 Å². The molecule has 1 saturated heterocycles. The molecule has 1 heterocycles. The molecule has 0 spiro atoms. The Morgan fingerprint density at radius 1 is 1.27 bits per heavy atom. The van der Waals surface area contributed by atoms with Gasteiger partial charge < -0.3 is 20.1 Å². The Bertz CT molecular complexity index is 653. The van der Waals surface area contributed by atoms with E-state index in [0.717, 1.165) is 6.42 Å². The molecule has 2 amide bonds. The fourth-order valence-corrected chi connectivity index (χ4v) is 2.53. The van der Waals surface area contributed by atoms with Crippen molar-refractivity contribution in [3.63, 3.8) is 0 Å². The largest absolute Gasteiger partial charge is 0.463 e. The summed E-state index contributed by atoms with van der Waals surface area (Å²) >= 11 is 0. The average Bonchev–Trinajstić information content (AvgIpc) is 3.13. The first-order valence-electron chi connectivity index (χ1n) is 8.88. The molecule has 0 aliphatic carbocycles. The summed E-state index contributed by atoms with van der Waals surface area (Å²) in [6.07, 6.45) is 0.957. The van der Waals surface area contributed by atoms with Gasteiger partial charge in [-0.15, -0.1) is 0 Å². The summed E-state index contributed by atoms with van der Waals surface area (Å²) in [6.45, 7) is 6.03. The highest BCUT2D eigenvalue weighted by Crippen LogP contribution is 2.16. The van der Waals surface area contributed by atoms with E-state index < -0.39 is 12.0 Å². The number of ether oxygens (including phenoxy) is 2. The minimum absolute atomic E-state index is 0.177. The van der Waals surface area contributed by atoms with Gasteiger partial charge in [-0.25, -0.2) is 0 Å². The maximum absolute atomic E-state index is 12.3. The van der Waals surface area contributed by atoms with Crippen LogP contribution >= 0.6 is 0 Å². The molecule has 0 saturated carbocycles. The summed E-state index contributed by atoms with van der Waals surface area (Å²) in [4.78, 5) is 36.1. The van der Waals surface area contributed by atoms with Crippen molar-refractivity contribution in [3.05, 3.63) is 29.8 Å². The second-order valence-corrected chi connectivity index (χ2v) is 6.67. The second-order valence-electron chi connectivity index (χ2n) is 6.67. The van der Waals surface area contributed by atoms with Gasteiger partial charge in [0.1, 0.15) is 6.10 Å². The normalized spacial score (nSPS) is 17.6. The maximum atomic E-state index is 12.3. The van der Waals surface area contributed by atoms with Crippen molar-refractivity contribution in [3.8, 4) is 0 Å². The lowest BCUT2D eigenvalue weighted by Crippen LogP contribution is -2.33. The SMILES string of the molecule is CC(C)OC(=O)[C@H](C)CNC(=O)c1cccc(NC(=O)[C@@H]2CCCO2)c1. The van der Waals surface area contributed by atoms with Crippen LogP contribution in [0.4, 0.5) is 5.69 Å². The van der Waals surface area contributed by atoms with Gasteiger partial charge in [-0.1, -0.05) is 13.0 Å². The molecule has 0 radical (unpaired) electrons. The summed E-state index contributed by atoms with van der Waals surface area (Å²) in [5, 5.41) is 5.48. The fraction of sp³-hybridized carbons (Fsp3) is 0.526. The van der Waals surface area contributed by atoms with Crippen LogP contribution in [0.25, 0.3) is 0 Å². The van der Waals surface area contributed by atoms with Crippen molar-refractivity contribution in [2.24, 2.45) is 5.92 Å². The first kappa shape index (κ1) is 19.9.